The second kappa shape index (κ2) is 4.98. The van der Waals surface area contributed by atoms with Gasteiger partial charge in [-0.1, -0.05) is 17.7 Å². The Morgan fingerprint density at radius 3 is 2.40 bits per heavy atom. The summed E-state index contributed by atoms with van der Waals surface area (Å²) in [6, 6.07) is 6.80. The van der Waals surface area contributed by atoms with Crippen LogP contribution in [-0.2, 0) is 14.6 Å². The topological polar surface area (TPSA) is 43.4 Å². The van der Waals surface area contributed by atoms with Crippen LogP contribution in [0.2, 0.25) is 0 Å². The molecule has 0 amide bonds. The lowest BCUT2D eigenvalue weighted by molar-refractivity contribution is 0.337. The summed E-state index contributed by atoms with van der Waals surface area (Å²) in [6.07, 6.45) is 2.85. The smallest absolute Gasteiger partial charge is 0.182 e. The summed E-state index contributed by atoms with van der Waals surface area (Å²) in [5, 5.41) is 0. The molecule has 0 aliphatic heterocycles. The molecule has 3 nitrogen and oxygen atoms in total. The molecule has 0 fully saturated rings. The Balaban J connectivity index is 2.87. The molecule has 0 atom stereocenters. The number of ether oxygens (including phenoxy) is 1. The van der Waals surface area contributed by atoms with Gasteiger partial charge in [-0.3, -0.25) is 0 Å². The summed E-state index contributed by atoms with van der Waals surface area (Å²) >= 11 is 0. The number of sulfone groups is 1. The molecule has 15 heavy (non-hydrogen) atoms. The molecule has 0 saturated heterocycles. The van der Waals surface area contributed by atoms with Gasteiger partial charge in [0.25, 0.3) is 0 Å². The standard InChI is InChI=1S/C11H14O3S/c1-10-4-6-11(7-5-10)15(12,13)9-3-8-14-2/h3-8H,9H2,1-2H3/b8-3-. The van der Waals surface area contributed by atoms with E-state index in [1.807, 2.05) is 6.92 Å². The molecule has 1 aromatic rings. The lowest BCUT2D eigenvalue weighted by atomic mass is 10.2. The number of hydrogen-bond acceptors (Lipinski definition) is 3. The molecular weight excluding hydrogens is 212 g/mol. The zero-order chi connectivity index (χ0) is 11.3. The fourth-order valence-corrected chi connectivity index (χ4v) is 2.18. The molecule has 0 spiro atoms. The Hall–Kier alpha value is -1.29. The van der Waals surface area contributed by atoms with E-state index in [1.165, 1.54) is 19.4 Å². The predicted octanol–water partition coefficient (Wildman–Crippen LogP) is 1.93. The van der Waals surface area contributed by atoms with Gasteiger partial charge < -0.3 is 4.74 Å². The van der Waals surface area contributed by atoms with Crippen LogP contribution in [0.15, 0.2) is 41.5 Å². The van der Waals surface area contributed by atoms with E-state index in [-0.39, 0.29) is 5.75 Å². The molecule has 82 valence electrons. The molecular formula is C11H14O3S. The summed E-state index contributed by atoms with van der Waals surface area (Å²) in [7, 11) is -1.73. The van der Waals surface area contributed by atoms with Crippen molar-refractivity contribution < 1.29 is 13.2 Å². The quantitative estimate of drug-likeness (QED) is 0.737. The van der Waals surface area contributed by atoms with Gasteiger partial charge in [0.1, 0.15) is 0 Å². The maximum Gasteiger partial charge on any atom is 0.182 e. The predicted molar refractivity (Wildman–Crippen MR) is 59.4 cm³/mol. The molecule has 4 heteroatoms. The summed E-state index contributed by atoms with van der Waals surface area (Å²) in [4.78, 5) is 0.342. The van der Waals surface area contributed by atoms with E-state index in [9.17, 15) is 8.42 Å². The Bertz CT molecular complexity index is 429. The summed E-state index contributed by atoms with van der Waals surface area (Å²) < 4.78 is 28.1. The molecule has 0 saturated carbocycles. The van der Waals surface area contributed by atoms with Gasteiger partial charge in [-0.15, -0.1) is 0 Å². The van der Waals surface area contributed by atoms with Crippen molar-refractivity contribution in [2.75, 3.05) is 12.9 Å². The first kappa shape index (κ1) is 11.8. The fourth-order valence-electron chi connectivity index (χ4n) is 1.10. The van der Waals surface area contributed by atoms with Gasteiger partial charge in [-0.05, 0) is 25.1 Å². The number of hydrogen-bond donors (Lipinski definition) is 0. The van der Waals surface area contributed by atoms with Crippen LogP contribution >= 0.6 is 0 Å². The van der Waals surface area contributed by atoms with Gasteiger partial charge in [0.2, 0.25) is 0 Å². The average Bonchev–Trinajstić information content (AvgIpc) is 2.18. The fraction of sp³-hybridized carbons (Fsp3) is 0.273. The maximum absolute atomic E-state index is 11.7. The van der Waals surface area contributed by atoms with E-state index in [1.54, 1.807) is 24.3 Å². The SMILES string of the molecule is CO/C=C\CS(=O)(=O)c1ccc(C)cc1. The zero-order valence-electron chi connectivity index (χ0n) is 8.80. The Morgan fingerprint density at radius 2 is 1.87 bits per heavy atom. The summed E-state index contributed by atoms with van der Waals surface area (Å²) in [5.41, 5.74) is 1.04. The first-order valence-electron chi connectivity index (χ1n) is 4.53. The minimum absolute atomic E-state index is 0.0378. The minimum Gasteiger partial charge on any atom is -0.505 e. The lowest BCUT2D eigenvalue weighted by Crippen LogP contribution is -2.04. The van der Waals surface area contributed by atoms with E-state index >= 15 is 0 Å². The van der Waals surface area contributed by atoms with Crippen LogP contribution in [0.4, 0.5) is 0 Å². The first-order chi connectivity index (χ1) is 7.06. The van der Waals surface area contributed by atoms with E-state index in [0.29, 0.717) is 4.90 Å². The zero-order valence-corrected chi connectivity index (χ0v) is 9.62. The third kappa shape index (κ3) is 3.40. The highest BCUT2D eigenvalue weighted by Crippen LogP contribution is 2.12. The molecule has 0 heterocycles. The molecule has 0 radical (unpaired) electrons. The Morgan fingerprint density at radius 1 is 1.27 bits per heavy atom. The number of rotatable bonds is 4. The first-order valence-corrected chi connectivity index (χ1v) is 6.19. The molecule has 0 N–H and O–H groups in total. The average molecular weight is 226 g/mol. The molecule has 0 aliphatic carbocycles. The monoisotopic (exact) mass is 226 g/mol. The highest BCUT2D eigenvalue weighted by Gasteiger charge is 2.11. The molecule has 0 aromatic heterocycles. The van der Waals surface area contributed by atoms with Crippen molar-refractivity contribution in [1.29, 1.82) is 0 Å². The van der Waals surface area contributed by atoms with Gasteiger partial charge >= 0.3 is 0 Å². The lowest BCUT2D eigenvalue weighted by Gasteiger charge is -2.01. The van der Waals surface area contributed by atoms with Crippen LogP contribution < -0.4 is 0 Å². The van der Waals surface area contributed by atoms with E-state index in [4.69, 9.17) is 0 Å². The van der Waals surface area contributed by atoms with Crippen LogP contribution in [0.5, 0.6) is 0 Å². The van der Waals surface area contributed by atoms with Crippen molar-refractivity contribution in [3.63, 3.8) is 0 Å². The van der Waals surface area contributed by atoms with Crippen molar-refractivity contribution in [2.45, 2.75) is 11.8 Å². The molecule has 1 aromatic carbocycles. The van der Waals surface area contributed by atoms with Crippen LogP contribution in [0.1, 0.15) is 5.56 Å². The third-order valence-corrected chi connectivity index (χ3v) is 3.55. The number of methoxy groups -OCH3 is 1. The van der Waals surface area contributed by atoms with Gasteiger partial charge in [-0.25, -0.2) is 8.42 Å². The van der Waals surface area contributed by atoms with E-state index < -0.39 is 9.84 Å². The normalized spacial score (nSPS) is 11.9. The van der Waals surface area contributed by atoms with Crippen molar-refractivity contribution in [3.05, 3.63) is 42.2 Å². The van der Waals surface area contributed by atoms with Crippen LogP contribution in [0.25, 0.3) is 0 Å². The molecule has 1 rings (SSSR count). The summed E-state index contributed by atoms with van der Waals surface area (Å²) in [6.45, 7) is 1.92. The van der Waals surface area contributed by atoms with Crippen molar-refractivity contribution in [3.8, 4) is 0 Å². The second-order valence-electron chi connectivity index (χ2n) is 3.20. The molecule has 0 bridgehead atoms. The van der Waals surface area contributed by atoms with Crippen LogP contribution in [0.3, 0.4) is 0 Å². The molecule has 0 aliphatic rings. The van der Waals surface area contributed by atoms with Crippen molar-refractivity contribution >= 4 is 9.84 Å². The Kier molecular flexibility index (Phi) is 3.91. The van der Waals surface area contributed by atoms with Gasteiger partial charge in [0.05, 0.1) is 24.0 Å². The van der Waals surface area contributed by atoms with Gasteiger partial charge in [-0.2, -0.15) is 0 Å². The van der Waals surface area contributed by atoms with E-state index in [0.717, 1.165) is 5.56 Å². The number of aryl methyl sites for hydroxylation is 1. The summed E-state index contributed by atoms with van der Waals surface area (Å²) in [5.74, 6) is -0.0378. The minimum atomic E-state index is -3.22. The van der Waals surface area contributed by atoms with Crippen molar-refractivity contribution in [2.24, 2.45) is 0 Å². The highest BCUT2D eigenvalue weighted by molar-refractivity contribution is 7.91. The Labute approximate surface area is 90.3 Å². The van der Waals surface area contributed by atoms with Crippen molar-refractivity contribution in [1.82, 2.24) is 0 Å². The second-order valence-corrected chi connectivity index (χ2v) is 5.24. The molecule has 0 unspecified atom stereocenters. The van der Waals surface area contributed by atoms with Gasteiger partial charge in [0, 0.05) is 0 Å². The van der Waals surface area contributed by atoms with Crippen LogP contribution in [-0.4, -0.2) is 21.3 Å². The maximum atomic E-state index is 11.7. The third-order valence-electron chi connectivity index (χ3n) is 1.93. The number of benzene rings is 1. The largest absolute Gasteiger partial charge is 0.505 e. The van der Waals surface area contributed by atoms with Crippen LogP contribution in [0, 0.1) is 6.92 Å². The highest BCUT2D eigenvalue weighted by atomic mass is 32.2. The van der Waals surface area contributed by atoms with E-state index in [2.05, 4.69) is 4.74 Å². The van der Waals surface area contributed by atoms with Gasteiger partial charge in [0.15, 0.2) is 9.84 Å².